The van der Waals surface area contributed by atoms with Gasteiger partial charge < -0.3 is 29.3 Å². The van der Waals surface area contributed by atoms with E-state index in [2.05, 4.69) is 56.8 Å². The lowest BCUT2D eigenvalue weighted by atomic mass is 10.1. The van der Waals surface area contributed by atoms with E-state index in [0.717, 1.165) is 98.9 Å². The number of benzene rings is 2. The second-order valence-corrected chi connectivity index (χ2v) is 8.84. The molecule has 0 aliphatic carbocycles. The van der Waals surface area contributed by atoms with Crippen LogP contribution >= 0.6 is 0 Å². The number of nitrogens with one attached hydrogen (secondary N) is 2. The fourth-order valence-corrected chi connectivity index (χ4v) is 4.67. The maximum Gasteiger partial charge on any atom is 0.158 e. The third-order valence-corrected chi connectivity index (χ3v) is 6.59. The van der Waals surface area contributed by atoms with Crippen LogP contribution < -0.4 is 10.6 Å². The summed E-state index contributed by atoms with van der Waals surface area (Å²) in [7, 11) is 0. The first-order valence-electron chi connectivity index (χ1n) is 12.5. The smallest absolute Gasteiger partial charge is 0.158 e. The van der Waals surface area contributed by atoms with Crippen LogP contribution in [0, 0.1) is 0 Å². The maximum absolute atomic E-state index is 6.44. The van der Waals surface area contributed by atoms with Crippen LogP contribution in [0.2, 0.25) is 0 Å². The Morgan fingerprint density at radius 1 is 0.529 bits per heavy atom. The van der Waals surface area contributed by atoms with Crippen LogP contribution in [0.5, 0.6) is 0 Å². The van der Waals surface area contributed by atoms with Gasteiger partial charge in [0.15, 0.2) is 11.2 Å². The molecule has 2 unspecified atom stereocenters. The number of fused-ring (bicyclic) bond motifs is 7. The summed E-state index contributed by atoms with van der Waals surface area (Å²) in [5.74, 6) is 0. The highest BCUT2D eigenvalue weighted by Gasteiger charge is 2.15. The Kier molecular flexibility index (Phi) is 8.16. The molecule has 34 heavy (non-hydrogen) atoms. The predicted octanol–water partition coefficient (Wildman–Crippen LogP) is 3.09. The fourth-order valence-electron chi connectivity index (χ4n) is 4.67. The Morgan fingerprint density at radius 2 is 0.971 bits per heavy atom. The molecule has 1 saturated heterocycles. The van der Waals surface area contributed by atoms with Gasteiger partial charge in [-0.05, 0) is 12.1 Å². The lowest BCUT2D eigenvalue weighted by Crippen LogP contribution is -2.36. The molecular formula is C26H36N4O4. The van der Waals surface area contributed by atoms with Crippen molar-refractivity contribution >= 4 is 33.3 Å². The van der Waals surface area contributed by atoms with Gasteiger partial charge in [0, 0.05) is 63.1 Å². The summed E-state index contributed by atoms with van der Waals surface area (Å²) in [5.41, 5.74) is 3.89. The molecule has 5 rings (SSSR count). The van der Waals surface area contributed by atoms with Crippen LogP contribution in [-0.4, -0.2) is 102 Å². The normalized spacial score (nSPS) is 24.1. The van der Waals surface area contributed by atoms with Gasteiger partial charge in [-0.25, -0.2) is 0 Å². The van der Waals surface area contributed by atoms with E-state index in [9.17, 15) is 0 Å². The van der Waals surface area contributed by atoms with Crippen molar-refractivity contribution in [2.75, 3.05) is 103 Å². The van der Waals surface area contributed by atoms with E-state index in [1.165, 1.54) is 0 Å². The molecule has 2 N–H and O–H groups in total. The van der Waals surface area contributed by atoms with E-state index in [-0.39, 0.29) is 0 Å². The Hall–Kier alpha value is -2.36. The summed E-state index contributed by atoms with van der Waals surface area (Å²) < 4.78 is 24.1. The highest BCUT2D eigenvalue weighted by molar-refractivity contribution is 6.11. The van der Waals surface area contributed by atoms with Gasteiger partial charge in [0.1, 0.15) is 0 Å². The average molecular weight is 469 g/mol. The van der Waals surface area contributed by atoms with Crippen molar-refractivity contribution in [2.24, 2.45) is 0 Å². The summed E-state index contributed by atoms with van der Waals surface area (Å²) in [6.45, 7) is 11.1. The summed E-state index contributed by atoms with van der Waals surface area (Å²) in [4.78, 5) is 4.80. The molecule has 0 spiro atoms. The van der Waals surface area contributed by atoms with Crippen LogP contribution in [0.4, 0.5) is 11.4 Å². The molecule has 2 aliphatic rings. The van der Waals surface area contributed by atoms with Gasteiger partial charge in [-0.1, -0.05) is 24.3 Å². The Bertz CT molecular complexity index is 976. The lowest BCUT2D eigenvalue weighted by molar-refractivity contribution is 0.0329. The molecule has 0 radical (unpaired) electrons. The number of furan rings is 1. The lowest BCUT2D eigenvalue weighted by Gasteiger charge is -2.24. The number of hydrogen-bond donors (Lipinski definition) is 2. The van der Waals surface area contributed by atoms with Gasteiger partial charge in [-0.3, -0.25) is 9.80 Å². The number of para-hydroxylation sites is 2. The molecule has 2 atom stereocenters. The summed E-state index contributed by atoms with van der Waals surface area (Å²) in [6.07, 6.45) is 0. The van der Waals surface area contributed by atoms with Crippen LogP contribution in [0.15, 0.2) is 40.8 Å². The maximum atomic E-state index is 6.44. The van der Waals surface area contributed by atoms with Crippen molar-refractivity contribution in [2.45, 2.75) is 0 Å². The molecule has 8 heteroatoms. The number of anilines is 2. The largest absolute Gasteiger partial charge is 0.452 e. The molecule has 1 aromatic heterocycles. The number of hydrogen-bond acceptors (Lipinski definition) is 8. The number of nitrogens with zero attached hydrogens (tertiary/aromatic N) is 2. The Morgan fingerprint density at radius 3 is 1.44 bits per heavy atom. The van der Waals surface area contributed by atoms with Crippen molar-refractivity contribution in [3.8, 4) is 0 Å². The Balaban J connectivity index is 1.43. The van der Waals surface area contributed by atoms with E-state index in [4.69, 9.17) is 18.6 Å². The number of rotatable bonds is 0. The first kappa shape index (κ1) is 23.4. The monoisotopic (exact) mass is 468 g/mol. The van der Waals surface area contributed by atoms with Crippen LogP contribution in [-0.2, 0) is 14.2 Å². The zero-order valence-corrected chi connectivity index (χ0v) is 19.9. The van der Waals surface area contributed by atoms with Crippen molar-refractivity contribution in [3.63, 3.8) is 0 Å². The van der Waals surface area contributed by atoms with Gasteiger partial charge in [0.25, 0.3) is 0 Å². The van der Waals surface area contributed by atoms with Gasteiger partial charge in [-0.15, -0.1) is 0 Å². The summed E-state index contributed by atoms with van der Waals surface area (Å²) in [6, 6.07) is 12.7. The topological polar surface area (TPSA) is 71.4 Å². The summed E-state index contributed by atoms with van der Waals surface area (Å²) >= 11 is 0. The molecule has 3 heterocycles. The minimum atomic E-state index is 0.636. The highest BCUT2D eigenvalue weighted by Crippen LogP contribution is 2.36. The van der Waals surface area contributed by atoms with E-state index >= 15 is 0 Å². The fraction of sp³-hybridized carbons (Fsp3) is 0.538. The molecule has 3 aromatic rings. The zero-order valence-electron chi connectivity index (χ0n) is 19.9. The molecule has 8 nitrogen and oxygen atoms in total. The molecule has 0 amide bonds. The molecule has 0 saturated carbocycles. The first-order chi connectivity index (χ1) is 16.9. The van der Waals surface area contributed by atoms with Gasteiger partial charge >= 0.3 is 0 Å². The first-order valence-corrected chi connectivity index (χ1v) is 12.5. The van der Waals surface area contributed by atoms with Crippen molar-refractivity contribution in [3.05, 3.63) is 36.4 Å². The molecule has 1 fully saturated rings. The molecular weight excluding hydrogens is 432 g/mol. The SMILES string of the molecule is c1cc2c3oc4c(cccc4c3c1)NCCN1CCOCCOCCN(CCN2)CCOCC1. The standard InChI is InChI=1S/C26H36N4O4/c1-3-21-22-4-2-6-24-26(22)34-25(21)23(5-1)27-7-9-29-11-15-31-16-12-30(10-8-28-24)14-18-33-20-19-32-17-13-29/h1-6,27-28H,7-20H2. The van der Waals surface area contributed by atoms with Crippen molar-refractivity contribution < 1.29 is 18.6 Å². The van der Waals surface area contributed by atoms with Crippen molar-refractivity contribution in [1.82, 2.24) is 9.80 Å². The zero-order chi connectivity index (χ0) is 23.0. The third-order valence-electron chi connectivity index (χ3n) is 6.59. The highest BCUT2D eigenvalue weighted by atomic mass is 16.5. The van der Waals surface area contributed by atoms with Crippen LogP contribution in [0.3, 0.4) is 0 Å². The summed E-state index contributed by atoms with van der Waals surface area (Å²) in [5, 5.41) is 9.49. The van der Waals surface area contributed by atoms with Gasteiger partial charge in [0.05, 0.1) is 51.0 Å². The van der Waals surface area contributed by atoms with E-state index in [1.54, 1.807) is 0 Å². The average Bonchev–Trinajstić information content (AvgIpc) is 3.23. The Labute approximate surface area is 201 Å². The second kappa shape index (κ2) is 11.9. The van der Waals surface area contributed by atoms with Crippen LogP contribution in [0.25, 0.3) is 21.9 Å². The molecule has 4 bridgehead atoms. The van der Waals surface area contributed by atoms with Crippen LogP contribution in [0.1, 0.15) is 0 Å². The predicted molar refractivity (Wildman–Crippen MR) is 136 cm³/mol. The molecule has 184 valence electrons. The van der Waals surface area contributed by atoms with Gasteiger partial charge in [-0.2, -0.15) is 0 Å². The minimum Gasteiger partial charge on any atom is -0.452 e. The van der Waals surface area contributed by atoms with Gasteiger partial charge in [0.2, 0.25) is 0 Å². The minimum absolute atomic E-state index is 0.636. The third kappa shape index (κ3) is 5.82. The van der Waals surface area contributed by atoms with E-state index in [0.29, 0.717) is 26.4 Å². The second-order valence-electron chi connectivity index (χ2n) is 8.84. The molecule has 2 aromatic carbocycles. The van der Waals surface area contributed by atoms with E-state index in [1.807, 2.05) is 0 Å². The quantitative estimate of drug-likeness (QED) is 0.488. The number of ether oxygens (including phenoxy) is 3. The van der Waals surface area contributed by atoms with Crippen molar-refractivity contribution in [1.29, 1.82) is 0 Å². The molecule has 2 aliphatic heterocycles. The van der Waals surface area contributed by atoms with E-state index < -0.39 is 0 Å².